The van der Waals surface area contributed by atoms with Gasteiger partial charge in [-0.2, -0.15) is 4.98 Å². The number of H-pyrrole nitrogens is 1. The number of nitrogens with zero attached hydrogens (tertiary/aromatic N) is 2. The largest absolute Gasteiger partial charge is 0.368 e. The van der Waals surface area contributed by atoms with Crippen LogP contribution < -0.4 is 11.1 Å². The minimum atomic E-state index is 0.232. The summed E-state index contributed by atoms with van der Waals surface area (Å²) in [4.78, 5) is 5.83. The second kappa shape index (κ2) is 6.48. The van der Waals surface area contributed by atoms with Gasteiger partial charge in [0, 0.05) is 15.5 Å². The van der Waals surface area contributed by atoms with Crippen molar-refractivity contribution >= 4 is 52.5 Å². The Morgan fingerprint density at radius 3 is 2.36 bits per heavy atom. The van der Waals surface area contributed by atoms with E-state index < -0.39 is 0 Å². The summed E-state index contributed by atoms with van der Waals surface area (Å²) in [7, 11) is 0. The van der Waals surface area contributed by atoms with Crippen LogP contribution in [0.25, 0.3) is 0 Å². The zero-order valence-corrected chi connectivity index (χ0v) is 13.5. The average Bonchev–Trinajstić information content (AvgIpc) is 2.89. The van der Waals surface area contributed by atoms with Crippen LogP contribution in [0.5, 0.6) is 0 Å². The number of hydrogen-bond acceptors (Lipinski definition) is 5. The predicted molar refractivity (Wildman–Crippen MR) is 91.1 cm³/mol. The van der Waals surface area contributed by atoms with Crippen molar-refractivity contribution < 1.29 is 0 Å². The van der Waals surface area contributed by atoms with Crippen LogP contribution in [0, 0.1) is 0 Å². The van der Waals surface area contributed by atoms with E-state index in [4.69, 9.17) is 28.9 Å². The zero-order valence-electron chi connectivity index (χ0n) is 11.2. The monoisotopic (exact) mass is 351 g/mol. The first-order valence-electron chi connectivity index (χ1n) is 6.28. The van der Waals surface area contributed by atoms with Gasteiger partial charge in [-0.3, -0.25) is 0 Å². The van der Waals surface area contributed by atoms with Crippen molar-refractivity contribution in [1.29, 1.82) is 0 Å². The minimum absolute atomic E-state index is 0.232. The molecule has 0 radical (unpaired) electrons. The molecule has 0 atom stereocenters. The van der Waals surface area contributed by atoms with E-state index in [1.54, 1.807) is 12.1 Å². The molecule has 0 saturated heterocycles. The van der Waals surface area contributed by atoms with Gasteiger partial charge in [-0.15, -0.1) is 5.10 Å². The van der Waals surface area contributed by atoms with E-state index in [0.717, 1.165) is 9.79 Å². The molecule has 0 aliphatic carbocycles. The SMILES string of the molecule is Nc1nc(Nc2cc(Cl)c(Sc3ccccc3)c(Cl)c2)n[nH]1. The maximum atomic E-state index is 6.34. The van der Waals surface area contributed by atoms with Crippen molar-refractivity contribution in [1.82, 2.24) is 15.2 Å². The summed E-state index contributed by atoms with van der Waals surface area (Å²) in [6, 6.07) is 13.4. The third-order valence-corrected chi connectivity index (χ3v) is 4.69. The van der Waals surface area contributed by atoms with Crippen LogP contribution in [-0.2, 0) is 0 Å². The molecule has 22 heavy (non-hydrogen) atoms. The number of aromatic nitrogens is 3. The molecule has 4 N–H and O–H groups in total. The third-order valence-electron chi connectivity index (χ3n) is 2.72. The Kier molecular flexibility index (Phi) is 4.42. The Morgan fingerprint density at radius 2 is 1.77 bits per heavy atom. The minimum Gasteiger partial charge on any atom is -0.368 e. The molecule has 1 heterocycles. The first kappa shape index (κ1) is 15.0. The number of benzene rings is 2. The molecule has 2 aromatic carbocycles. The number of nitrogens with two attached hydrogens (primary N) is 1. The van der Waals surface area contributed by atoms with Crippen LogP contribution in [0.2, 0.25) is 10.0 Å². The molecule has 5 nitrogen and oxygen atoms in total. The average molecular weight is 352 g/mol. The van der Waals surface area contributed by atoms with E-state index in [0.29, 0.717) is 21.7 Å². The Bertz CT molecular complexity index is 768. The number of nitrogens with one attached hydrogen (secondary N) is 2. The van der Waals surface area contributed by atoms with Gasteiger partial charge in [0.05, 0.1) is 10.0 Å². The van der Waals surface area contributed by atoms with E-state index in [2.05, 4.69) is 20.5 Å². The molecular weight excluding hydrogens is 341 g/mol. The molecule has 0 saturated carbocycles. The Morgan fingerprint density at radius 1 is 1.09 bits per heavy atom. The second-order valence-corrected chi connectivity index (χ2v) is 6.25. The maximum Gasteiger partial charge on any atom is 0.248 e. The molecule has 8 heteroatoms. The van der Waals surface area contributed by atoms with Crippen LogP contribution in [0.4, 0.5) is 17.6 Å². The molecule has 3 aromatic rings. The summed E-state index contributed by atoms with van der Waals surface area (Å²) < 4.78 is 0. The molecule has 0 amide bonds. The van der Waals surface area contributed by atoms with Gasteiger partial charge in [-0.1, -0.05) is 53.2 Å². The van der Waals surface area contributed by atoms with Crippen molar-refractivity contribution in [3.05, 3.63) is 52.5 Å². The highest BCUT2D eigenvalue weighted by molar-refractivity contribution is 7.99. The fourth-order valence-electron chi connectivity index (χ4n) is 1.80. The van der Waals surface area contributed by atoms with Gasteiger partial charge in [0.15, 0.2) is 0 Å². The van der Waals surface area contributed by atoms with Crippen molar-refractivity contribution in [2.75, 3.05) is 11.1 Å². The summed E-state index contributed by atoms with van der Waals surface area (Å²) in [5.41, 5.74) is 6.16. The fourth-order valence-corrected chi connectivity index (χ4v) is 3.36. The van der Waals surface area contributed by atoms with E-state index in [-0.39, 0.29) is 5.95 Å². The number of aromatic amines is 1. The summed E-state index contributed by atoms with van der Waals surface area (Å²) in [6.07, 6.45) is 0. The highest BCUT2D eigenvalue weighted by Gasteiger charge is 2.11. The van der Waals surface area contributed by atoms with Crippen molar-refractivity contribution in [2.45, 2.75) is 9.79 Å². The molecule has 0 aliphatic rings. The lowest BCUT2D eigenvalue weighted by molar-refractivity contribution is 1.10. The fraction of sp³-hybridized carbons (Fsp3) is 0. The van der Waals surface area contributed by atoms with Gasteiger partial charge in [-0.25, -0.2) is 5.10 Å². The standard InChI is InChI=1S/C14H11Cl2N5S/c15-10-6-8(18-14-19-13(17)20-21-14)7-11(16)12(10)22-9-4-2-1-3-5-9/h1-7H,(H4,17,18,19,20,21). The topological polar surface area (TPSA) is 79.6 Å². The van der Waals surface area contributed by atoms with Gasteiger partial charge in [0.2, 0.25) is 11.9 Å². The molecule has 0 unspecified atom stereocenters. The molecule has 3 rings (SSSR count). The molecule has 112 valence electrons. The molecule has 0 aliphatic heterocycles. The van der Waals surface area contributed by atoms with Gasteiger partial charge >= 0.3 is 0 Å². The smallest absolute Gasteiger partial charge is 0.248 e. The van der Waals surface area contributed by atoms with Crippen molar-refractivity contribution in [3.8, 4) is 0 Å². The third kappa shape index (κ3) is 3.47. The summed E-state index contributed by atoms with van der Waals surface area (Å²) in [5.74, 6) is 0.587. The second-order valence-electron chi connectivity index (χ2n) is 4.35. The van der Waals surface area contributed by atoms with Crippen molar-refractivity contribution in [3.63, 3.8) is 0 Å². The molecular formula is C14H11Cl2N5S. The molecule has 0 spiro atoms. The van der Waals surface area contributed by atoms with E-state index in [9.17, 15) is 0 Å². The maximum absolute atomic E-state index is 6.34. The highest BCUT2D eigenvalue weighted by Crippen LogP contribution is 2.40. The lowest BCUT2D eigenvalue weighted by atomic mass is 10.3. The number of anilines is 3. The van der Waals surface area contributed by atoms with E-state index in [1.165, 1.54) is 11.8 Å². The van der Waals surface area contributed by atoms with E-state index in [1.807, 2.05) is 30.3 Å². The Balaban J connectivity index is 1.85. The lowest BCUT2D eigenvalue weighted by Crippen LogP contribution is -1.94. The molecule has 0 bridgehead atoms. The highest BCUT2D eigenvalue weighted by atomic mass is 35.5. The number of nitrogen functional groups attached to an aromatic ring is 1. The quantitative estimate of drug-likeness (QED) is 0.640. The number of halogens is 2. The van der Waals surface area contributed by atoms with Crippen LogP contribution in [0.15, 0.2) is 52.3 Å². The number of hydrogen-bond donors (Lipinski definition) is 3. The van der Waals surface area contributed by atoms with E-state index >= 15 is 0 Å². The first-order chi connectivity index (χ1) is 10.6. The summed E-state index contributed by atoms with van der Waals surface area (Å²) >= 11 is 14.2. The Hall–Kier alpha value is -1.89. The van der Waals surface area contributed by atoms with Gasteiger partial charge in [-0.05, 0) is 24.3 Å². The van der Waals surface area contributed by atoms with Crippen LogP contribution in [0.3, 0.4) is 0 Å². The van der Waals surface area contributed by atoms with Crippen LogP contribution >= 0.6 is 35.0 Å². The van der Waals surface area contributed by atoms with Crippen LogP contribution in [0.1, 0.15) is 0 Å². The first-order valence-corrected chi connectivity index (χ1v) is 7.86. The lowest BCUT2D eigenvalue weighted by Gasteiger charge is -2.10. The predicted octanol–water partition coefficient (Wildman–Crippen LogP) is 4.59. The van der Waals surface area contributed by atoms with Crippen LogP contribution in [-0.4, -0.2) is 15.2 Å². The Labute approximate surface area is 141 Å². The summed E-state index contributed by atoms with van der Waals surface area (Å²) in [5, 5.41) is 10.5. The van der Waals surface area contributed by atoms with Gasteiger partial charge in [0.25, 0.3) is 0 Å². The number of rotatable bonds is 4. The normalized spacial score (nSPS) is 10.6. The summed E-state index contributed by atoms with van der Waals surface area (Å²) in [6.45, 7) is 0. The van der Waals surface area contributed by atoms with Gasteiger partial charge in [0.1, 0.15) is 0 Å². The molecule has 1 aromatic heterocycles. The molecule has 0 fully saturated rings. The van der Waals surface area contributed by atoms with Crippen molar-refractivity contribution in [2.24, 2.45) is 0 Å². The van der Waals surface area contributed by atoms with Gasteiger partial charge < -0.3 is 11.1 Å². The zero-order chi connectivity index (χ0) is 15.5.